The third kappa shape index (κ3) is 3.91. The fourth-order valence-electron chi connectivity index (χ4n) is 2.61. The van der Waals surface area contributed by atoms with Crippen LogP contribution in [0.1, 0.15) is 39.5 Å². The molecule has 0 aromatic carbocycles. The highest BCUT2D eigenvalue weighted by molar-refractivity contribution is 4.85. The maximum Gasteiger partial charge on any atom is 0.0868 e. The van der Waals surface area contributed by atoms with Gasteiger partial charge in [-0.1, -0.05) is 12.8 Å². The van der Waals surface area contributed by atoms with Gasteiger partial charge in [0.2, 0.25) is 0 Å². The zero-order chi connectivity index (χ0) is 12.3. The molecule has 1 heterocycles. The molecule has 0 radical (unpaired) electrons. The molecule has 0 aromatic rings. The molecule has 0 aromatic heterocycles. The summed E-state index contributed by atoms with van der Waals surface area (Å²) in [6, 6.07) is 0.917. The number of rotatable bonds is 6. The Morgan fingerprint density at radius 1 is 1.41 bits per heavy atom. The van der Waals surface area contributed by atoms with E-state index in [0.29, 0.717) is 12.1 Å². The SMILES string of the molecule is CC(C)N1CCOC(C(CCC2CC2)NN)C1. The van der Waals surface area contributed by atoms with Gasteiger partial charge in [-0.15, -0.1) is 0 Å². The zero-order valence-electron chi connectivity index (χ0n) is 11.2. The van der Waals surface area contributed by atoms with Crippen LogP contribution >= 0.6 is 0 Å². The smallest absolute Gasteiger partial charge is 0.0868 e. The molecule has 1 saturated carbocycles. The van der Waals surface area contributed by atoms with E-state index in [1.807, 2.05) is 0 Å². The van der Waals surface area contributed by atoms with Crippen LogP contribution in [0.3, 0.4) is 0 Å². The van der Waals surface area contributed by atoms with Gasteiger partial charge in [0, 0.05) is 25.2 Å². The molecular weight excluding hydrogens is 214 g/mol. The van der Waals surface area contributed by atoms with Gasteiger partial charge in [-0.2, -0.15) is 0 Å². The predicted octanol–water partition coefficient (Wildman–Crippen LogP) is 1.12. The van der Waals surface area contributed by atoms with Crippen LogP contribution in [0.25, 0.3) is 0 Å². The summed E-state index contributed by atoms with van der Waals surface area (Å²) in [6.07, 6.45) is 5.55. The number of morpholine rings is 1. The van der Waals surface area contributed by atoms with Crippen molar-refractivity contribution in [1.82, 2.24) is 10.3 Å². The molecule has 0 bridgehead atoms. The lowest BCUT2D eigenvalue weighted by atomic mass is 10.0. The lowest BCUT2D eigenvalue weighted by Crippen LogP contribution is -2.55. The number of ether oxygens (including phenoxy) is 1. The molecule has 0 amide bonds. The molecule has 0 spiro atoms. The molecule has 1 aliphatic carbocycles. The molecule has 100 valence electrons. The van der Waals surface area contributed by atoms with Crippen molar-refractivity contribution in [3.8, 4) is 0 Å². The molecule has 3 N–H and O–H groups in total. The van der Waals surface area contributed by atoms with Crippen molar-refractivity contribution < 1.29 is 4.74 Å². The average Bonchev–Trinajstić information content (AvgIpc) is 3.14. The molecule has 4 heteroatoms. The van der Waals surface area contributed by atoms with Gasteiger partial charge in [-0.3, -0.25) is 16.2 Å². The quantitative estimate of drug-likeness (QED) is 0.540. The van der Waals surface area contributed by atoms with Crippen molar-refractivity contribution >= 4 is 0 Å². The summed E-state index contributed by atoms with van der Waals surface area (Å²) in [5, 5.41) is 0. The van der Waals surface area contributed by atoms with Crippen molar-refractivity contribution in [3.63, 3.8) is 0 Å². The second-order valence-corrected chi connectivity index (χ2v) is 5.79. The lowest BCUT2D eigenvalue weighted by molar-refractivity contribution is -0.0569. The van der Waals surface area contributed by atoms with E-state index in [1.165, 1.54) is 19.3 Å². The number of hydrogen-bond donors (Lipinski definition) is 2. The molecule has 2 unspecified atom stereocenters. The van der Waals surface area contributed by atoms with Crippen molar-refractivity contribution in [2.24, 2.45) is 11.8 Å². The van der Waals surface area contributed by atoms with Gasteiger partial charge in [-0.25, -0.2) is 0 Å². The third-order valence-electron chi connectivity index (χ3n) is 4.10. The van der Waals surface area contributed by atoms with Gasteiger partial charge < -0.3 is 4.74 Å². The van der Waals surface area contributed by atoms with E-state index in [1.54, 1.807) is 0 Å². The summed E-state index contributed by atoms with van der Waals surface area (Å²) in [7, 11) is 0. The van der Waals surface area contributed by atoms with Gasteiger partial charge in [0.15, 0.2) is 0 Å². The summed E-state index contributed by atoms with van der Waals surface area (Å²) in [5.41, 5.74) is 2.96. The van der Waals surface area contributed by atoms with E-state index < -0.39 is 0 Å². The Bertz CT molecular complexity index is 231. The first-order valence-corrected chi connectivity index (χ1v) is 7.02. The van der Waals surface area contributed by atoms with Crippen molar-refractivity contribution in [2.45, 2.75) is 57.7 Å². The van der Waals surface area contributed by atoms with Gasteiger partial charge in [0.05, 0.1) is 12.7 Å². The highest BCUT2D eigenvalue weighted by atomic mass is 16.5. The zero-order valence-corrected chi connectivity index (χ0v) is 11.2. The maximum absolute atomic E-state index is 5.88. The molecule has 1 saturated heterocycles. The van der Waals surface area contributed by atoms with E-state index in [0.717, 1.165) is 32.0 Å². The van der Waals surface area contributed by atoms with E-state index in [9.17, 15) is 0 Å². The molecule has 1 aliphatic heterocycles. The molecule has 17 heavy (non-hydrogen) atoms. The predicted molar refractivity (Wildman–Crippen MR) is 69.5 cm³/mol. The third-order valence-corrected chi connectivity index (χ3v) is 4.10. The molecular formula is C13H27N3O. The first-order valence-electron chi connectivity index (χ1n) is 7.02. The number of nitrogens with one attached hydrogen (secondary N) is 1. The minimum absolute atomic E-state index is 0.259. The van der Waals surface area contributed by atoms with Crippen LogP contribution in [0.15, 0.2) is 0 Å². The molecule has 2 fully saturated rings. The summed E-state index contributed by atoms with van der Waals surface area (Å²) < 4.78 is 5.88. The van der Waals surface area contributed by atoms with Crippen LogP contribution in [0.5, 0.6) is 0 Å². The van der Waals surface area contributed by atoms with E-state index in [2.05, 4.69) is 24.2 Å². The molecule has 2 atom stereocenters. The monoisotopic (exact) mass is 241 g/mol. The van der Waals surface area contributed by atoms with Gasteiger partial charge in [0.25, 0.3) is 0 Å². The Kier molecular flexibility index (Phi) is 4.79. The standard InChI is InChI=1S/C13H27N3O/c1-10(2)16-7-8-17-13(9-16)12(15-14)6-5-11-3-4-11/h10-13,15H,3-9,14H2,1-2H3. The summed E-state index contributed by atoms with van der Waals surface area (Å²) in [5.74, 6) is 6.65. The van der Waals surface area contributed by atoms with Gasteiger partial charge in [0.1, 0.15) is 0 Å². The number of hydrogen-bond acceptors (Lipinski definition) is 4. The van der Waals surface area contributed by atoms with Crippen LogP contribution in [-0.4, -0.2) is 42.8 Å². The minimum Gasteiger partial charge on any atom is -0.374 e. The lowest BCUT2D eigenvalue weighted by Gasteiger charge is -2.38. The second kappa shape index (κ2) is 6.14. The summed E-state index contributed by atoms with van der Waals surface area (Å²) >= 11 is 0. The van der Waals surface area contributed by atoms with Crippen LogP contribution in [0.4, 0.5) is 0 Å². The Morgan fingerprint density at radius 2 is 2.18 bits per heavy atom. The molecule has 2 aliphatic rings. The largest absolute Gasteiger partial charge is 0.374 e. The summed E-state index contributed by atoms with van der Waals surface area (Å²) in [6.45, 7) is 7.39. The van der Waals surface area contributed by atoms with E-state index >= 15 is 0 Å². The van der Waals surface area contributed by atoms with Crippen LogP contribution in [0.2, 0.25) is 0 Å². The Morgan fingerprint density at radius 3 is 2.76 bits per heavy atom. The van der Waals surface area contributed by atoms with Crippen LogP contribution in [0, 0.1) is 5.92 Å². The molecule has 2 rings (SSSR count). The Balaban J connectivity index is 1.79. The normalized spacial score (nSPS) is 28.6. The average molecular weight is 241 g/mol. The van der Waals surface area contributed by atoms with Crippen molar-refractivity contribution in [3.05, 3.63) is 0 Å². The highest BCUT2D eigenvalue weighted by Gasteiger charge is 2.30. The van der Waals surface area contributed by atoms with Crippen LogP contribution < -0.4 is 11.3 Å². The van der Waals surface area contributed by atoms with Gasteiger partial charge >= 0.3 is 0 Å². The maximum atomic E-state index is 5.88. The second-order valence-electron chi connectivity index (χ2n) is 5.79. The molecule has 4 nitrogen and oxygen atoms in total. The fourth-order valence-corrected chi connectivity index (χ4v) is 2.61. The van der Waals surface area contributed by atoms with Crippen molar-refractivity contribution in [2.75, 3.05) is 19.7 Å². The fraction of sp³-hybridized carbons (Fsp3) is 1.00. The first kappa shape index (κ1) is 13.3. The minimum atomic E-state index is 0.259. The van der Waals surface area contributed by atoms with Gasteiger partial charge in [-0.05, 0) is 32.6 Å². The first-order chi connectivity index (χ1) is 8.20. The Labute approximate surface area is 105 Å². The van der Waals surface area contributed by atoms with E-state index in [-0.39, 0.29) is 6.10 Å². The summed E-state index contributed by atoms with van der Waals surface area (Å²) in [4.78, 5) is 2.48. The number of nitrogens with two attached hydrogens (primary N) is 1. The number of nitrogens with zero attached hydrogens (tertiary/aromatic N) is 1. The van der Waals surface area contributed by atoms with Crippen LogP contribution in [-0.2, 0) is 4.74 Å². The van der Waals surface area contributed by atoms with Crippen molar-refractivity contribution in [1.29, 1.82) is 0 Å². The Hall–Kier alpha value is -0.160. The van der Waals surface area contributed by atoms with E-state index in [4.69, 9.17) is 10.6 Å². The number of hydrazine groups is 1. The highest BCUT2D eigenvalue weighted by Crippen LogP contribution is 2.34. The topological polar surface area (TPSA) is 50.5 Å².